The van der Waals surface area contributed by atoms with E-state index >= 15 is 0 Å². The summed E-state index contributed by atoms with van der Waals surface area (Å²) in [4.78, 5) is 19.5. The van der Waals surface area contributed by atoms with Gasteiger partial charge in [0.15, 0.2) is 23.1 Å². The summed E-state index contributed by atoms with van der Waals surface area (Å²) in [6.45, 7) is 5.86. The van der Waals surface area contributed by atoms with Crippen LogP contribution in [0.4, 0.5) is 0 Å². The average Bonchev–Trinajstić information content (AvgIpc) is 3.48. The van der Waals surface area contributed by atoms with Gasteiger partial charge in [-0.15, -0.1) is 0 Å². The van der Waals surface area contributed by atoms with Gasteiger partial charge in [0, 0.05) is 22.3 Å². The maximum absolute atomic E-state index is 6.16. The summed E-state index contributed by atoms with van der Waals surface area (Å²) in [5, 5.41) is 2.30. The van der Waals surface area contributed by atoms with Crippen molar-refractivity contribution in [1.29, 1.82) is 0 Å². The van der Waals surface area contributed by atoms with E-state index in [1.54, 1.807) is 6.08 Å². The van der Waals surface area contributed by atoms with Gasteiger partial charge >= 0.3 is 0 Å². The van der Waals surface area contributed by atoms with Crippen LogP contribution in [0.2, 0.25) is 0 Å². The molecular weight excluding hydrogens is 516 g/mol. The molecule has 5 heteroatoms. The Morgan fingerprint density at radius 2 is 1.24 bits per heavy atom. The summed E-state index contributed by atoms with van der Waals surface area (Å²) in [6, 6.07) is 36.6. The lowest BCUT2D eigenvalue weighted by atomic mass is 10.0. The van der Waals surface area contributed by atoms with Crippen LogP contribution in [0.5, 0.6) is 0 Å². The smallest absolute Gasteiger partial charge is 0.227 e. The van der Waals surface area contributed by atoms with Gasteiger partial charge in [-0.2, -0.15) is 0 Å². The van der Waals surface area contributed by atoms with Crippen LogP contribution in [0.25, 0.3) is 73.6 Å². The molecule has 0 aliphatic carbocycles. The average molecular weight is 543 g/mol. The maximum Gasteiger partial charge on any atom is 0.227 e. The lowest BCUT2D eigenvalue weighted by Gasteiger charge is -2.10. The maximum atomic E-state index is 6.16. The summed E-state index contributed by atoms with van der Waals surface area (Å²) >= 11 is 0. The molecule has 2 aromatic heterocycles. The number of hydrogen-bond acceptors (Lipinski definition) is 5. The number of benzene rings is 5. The highest BCUT2D eigenvalue weighted by molar-refractivity contribution is 5.87. The van der Waals surface area contributed by atoms with Gasteiger partial charge in [0.05, 0.1) is 0 Å². The van der Waals surface area contributed by atoms with E-state index in [0.717, 1.165) is 44.3 Å². The zero-order valence-corrected chi connectivity index (χ0v) is 23.0. The topological polar surface area (TPSA) is 64.7 Å². The minimum Gasteiger partial charge on any atom is -0.436 e. The first-order valence-corrected chi connectivity index (χ1v) is 13.8. The number of oxazole rings is 1. The van der Waals surface area contributed by atoms with Crippen LogP contribution >= 0.6 is 0 Å². The van der Waals surface area contributed by atoms with Crippen molar-refractivity contribution in [2.24, 2.45) is 0 Å². The molecule has 5 aromatic carbocycles. The van der Waals surface area contributed by atoms with Crippen LogP contribution in [-0.4, -0.2) is 19.9 Å². The standard InChI is InChI=1S/C37H26N4O/c1-3-4-10-25-15-17-29(21-24(25)2)34-39-35(30-18-16-26-11-8-9-14-28(26)22-30)41-36(40-34)31-19-20-32-33(23-31)42-37(38-32)27-12-6-5-7-13-27/h3-23H,1H2,2H3/b10-4-. The molecule has 0 aliphatic heterocycles. The predicted molar refractivity (Wildman–Crippen MR) is 171 cm³/mol. The van der Waals surface area contributed by atoms with Gasteiger partial charge in [0.1, 0.15) is 5.52 Å². The normalized spacial score (nSPS) is 11.5. The quantitative estimate of drug-likeness (QED) is 0.196. The molecule has 42 heavy (non-hydrogen) atoms. The molecule has 0 saturated carbocycles. The van der Waals surface area contributed by atoms with Crippen LogP contribution < -0.4 is 0 Å². The second-order valence-electron chi connectivity index (χ2n) is 10.1. The van der Waals surface area contributed by atoms with Crippen LogP contribution in [0.1, 0.15) is 11.1 Å². The van der Waals surface area contributed by atoms with E-state index in [9.17, 15) is 0 Å². The Balaban J connectivity index is 1.37. The lowest BCUT2D eigenvalue weighted by Crippen LogP contribution is -2.00. The Hall–Kier alpha value is -5.68. The molecule has 200 valence electrons. The molecule has 0 atom stereocenters. The van der Waals surface area contributed by atoms with Gasteiger partial charge in [-0.25, -0.2) is 19.9 Å². The second-order valence-corrected chi connectivity index (χ2v) is 10.1. The summed E-state index contributed by atoms with van der Waals surface area (Å²) in [7, 11) is 0. The first-order valence-electron chi connectivity index (χ1n) is 13.8. The van der Waals surface area contributed by atoms with Crippen LogP contribution in [0.3, 0.4) is 0 Å². The lowest BCUT2D eigenvalue weighted by molar-refractivity contribution is 0.620. The summed E-state index contributed by atoms with van der Waals surface area (Å²) in [6.07, 6.45) is 5.75. The molecule has 0 amide bonds. The van der Waals surface area contributed by atoms with E-state index in [4.69, 9.17) is 19.4 Å². The molecule has 0 unspecified atom stereocenters. The van der Waals surface area contributed by atoms with Crippen molar-refractivity contribution in [3.63, 3.8) is 0 Å². The van der Waals surface area contributed by atoms with E-state index in [0.29, 0.717) is 28.9 Å². The Morgan fingerprint density at radius 1 is 0.595 bits per heavy atom. The monoisotopic (exact) mass is 542 g/mol. The number of nitrogens with zero attached hydrogens (tertiary/aromatic N) is 4. The fourth-order valence-electron chi connectivity index (χ4n) is 5.03. The van der Waals surface area contributed by atoms with E-state index < -0.39 is 0 Å². The number of aryl methyl sites for hydroxylation is 1. The van der Waals surface area contributed by atoms with Crippen molar-refractivity contribution in [3.8, 4) is 45.6 Å². The zero-order valence-electron chi connectivity index (χ0n) is 23.0. The largest absolute Gasteiger partial charge is 0.436 e. The van der Waals surface area contributed by atoms with Crippen LogP contribution in [0, 0.1) is 6.92 Å². The van der Waals surface area contributed by atoms with E-state index in [1.165, 1.54) is 5.39 Å². The molecule has 0 spiro atoms. The summed E-state index contributed by atoms with van der Waals surface area (Å²) in [5.41, 5.74) is 7.29. The van der Waals surface area contributed by atoms with Crippen molar-refractivity contribution < 1.29 is 4.42 Å². The summed E-state index contributed by atoms with van der Waals surface area (Å²) in [5.74, 6) is 2.36. The molecule has 5 nitrogen and oxygen atoms in total. The van der Waals surface area contributed by atoms with Gasteiger partial charge in [-0.3, -0.25) is 0 Å². The molecule has 0 saturated heterocycles. The van der Waals surface area contributed by atoms with Crippen LogP contribution in [-0.2, 0) is 0 Å². The number of rotatable bonds is 6. The minimum atomic E-state index is 0.566. The molecule has 7 rings (SSSR count). The minimum absolute atomic E-state index is 0.566. The SMILES string of the molecule is C=C/C=C\c1ccc(-c2nc(-c3ccc4ccccc4c3)nc(-c3ccc4nc(-c5ccccc5)oc4c3)n2)cc1C. The number of fused-ring (bicyclic) bond motifs is 2. The molecule has 2 heterocycles. The molecule has 0 fully saturated rings. The van der Waals surface area contributed by atoms with Gasteiger partial charge in [0.25, 0.3) is 0 Å². The number of hydrogen-bond donors (Lipinski definition) is 0. The highest BCUT2D eigenvalue weighted by atomic mass is 16.3. The summed E-state index contributed by atoms with van der Waals surface area (Å²) < 4.78 is 6.16. The van der Waals surface area contributed by atoms with Crippen molar-refractivity contribution in [3.05, 3.63) is 139 Å². The molecular formula is C37H26N4O. The van der Waals surface area contributed by atoms with Gasteiger partial charge < -0.3 is 4.42 Å². The molecule has 0 N–H and O–H groups in total. The molecule has 0 radical (unpaired) electrons. The van der Waals surface area contributed by atoms with Crippen LogP contribution in [0.15, 0.2) is 132 Å². The zero-order chi connectivity index (χ0) is 28.5. The first-order chi connectivity index (χ1) is 20.6. The predicted octanol–water partition coefficient (Wildman–Crippen LogP) is 9.34. The second kappa shape index (κ2) is 10.7. The van der Waals surface area contributed by atoms with E-state index in [1.807, 2.05) is 78.9 Å². The third kappa shape index (κ3) is 4.88. The highest BCUT2D eigenvalue weighted by Gasteiger charge is 2.15. The Labute approximate surface area is 243 Å². The van der Waals surface area contributed by atoms with E-state index in [-0.39, 0.29) is 0 Å². The fraction of sp³-hybridized carbons (Fsp3) is 0.0270. The number of aromatic nitrogens is 4. The van der Waals surface area contributed by atoms with E-state index in [2.05, 4.69) is 61.0 Å². The van der Waals surface area contributed by atoms with Crippen molar-refractivity contribution in [2.45, 2.75) is 6.92 Å². The van der Waals surface area contributed by atoms with Gasteiger partial charge in [-0.05, 0) is 71.3 Å². The highest BCUT2D eigenvalue weighted by Crippen LogP contribution is 2.31. The molecule has 0 bridgehead atoms. The fourth-order valence-corrected chi connectivity index (χ4v) is 5.03. The van der Waals surface area contributed by atoms with Crippen molar-refractivity contribution in [2.75, 3.05) is 0 Å². The first kappa shape index (κ1) is 25.3. The Bertz CT molecular complexity index is 2130. The third-order valence-corrected chi connectivity index (χ3v) is 7.25. The van der Waals surface area contributed by atoms with Crippen molar-refractivity contribution in [1.82, 2.24) is 19.9 Å². The van der Waals surface area contributed by atoms with Gasteiger partial charge in [0.2, 0.25) is 5.89 Å². The van der Waals surface area contributed by atoms with Gasteiger partial charge in [-0.1, -0.05) is 91.5 Å². The third-order valence-electron chi connectivity index (χ3n) is 7.25. The molecule has 7 aromatic rings. The number of allylic oxidation sites excluding steroid dienone is 2. The Kier molecular flexibility index (Phi) is 6.45. The van der Waals surface area contributed by atoms with Crippen molar-refractivity contribution >= 4 is 27.9 Å². The molecule has 0 aliphatic rings. The Morgan fingerprint density at radius 3 is 1.98 bits per heavy atom.